The maximum absolute atomic E-state index is 13.1. The van der Waals surface area contributed by atoms with Gasteiger partial charge in [0.05, 0.1) is 19.3 Å². The number of methoxy groups -OCH3 is 1. The fourth-order valence-electron chi connectivity index (χ4n) is 3.79. The molecular formula is C26H36N4O4S. The van der Waals surface area contributed by atoms with E-state index in [2.05, 4.69) is 30.7 Å². The van der Waals surface area contributed by atoms with Gasteiger partial charge in [-0.15, -0.1) is 5.10 Å². The van der Waals surface area contributed by atoms with E-state index in [1.807, 2.05) is 25.1 Å². The third-order valence-electron chi connectivity index (χ3n) is 5.62. The number of ether oxygens (including phenoxy) is 3. The van der Waals surface area contributed by atoms with Gasteiger partial charge in [-0.2, -0.15) is 4.98 Å². The zero-order chi connectivity index (χ0) is 25.2. The molecule has 0 amide bonds. The van der Waals surface area contributed by atoms with Crippen LogP contribution in [0.5, 0.6) is 11.5 Å². The average molecular weight is 501 g/mol. The predicted molar refractivity (Wildman–Crippen MR) is 139 cm³/mol. The molecule has 3 rings (SSSR count). The third kappa shape index (κ3) is 6.60. The van der Waals surface area contributed by atoms with Crippen LogP contribution >= 0.6 is 11.8 Å². The molecule has 2 heterocycles. The number of esters is 1. The van der Waals surface area contributed by atoms with E-state index < -0.39 is 12.0 Å². The minimum absolute atomic E-state index is 0.124. The number of aromatic nitrogens is 3. The summed E-state index contributed by atoms with van der Waals surface area (Å²) in [5.74, 6) is 2.37. The number of rotatable bonds is 14. The molecule has 8 nitrogen and oxygen atoms in total. The van der Waals surface area contributed by atoms with Crippen molar-refractivity contribution >= 4 is 23.7 Å². The highest BCUT2D eigenvalue weighted by Gasteiger charge is 2.35. The fourth-order valence-corrected chi connectivity index (χ4v) is 4.71. The molecule has 0 bridgehead atoms. The number of thioether (sulfide) groups is 1. The van der Waals surface area contributed by atoms with Gasteiger partial charge in [-0.3, -0.25) is 0 Å². The van der Waals surface area contributed by atoms with Gasteiger partial charge in [0, 0.05) is 11.4 Å². The highest BCUT2D eigenvalue weighted by molar-refractivity contribution is 7.99. The largest absolute Gasteiger partial charge is 0.493 e. The van der Waals surface area contributed by atoms with Crippen molar-refractivity contribution in [2.75, 3.05) is 31.4 Å². The quantitative estimate of drug-likeness (QED) is 0.151. The predicted octanol–water partition coefficient (Wildman–Crippen LogP) is 5.77. The molecule has 1 atom stereocenters. The molecular weight excluding hydrogens is 464 g/mol. The maximum atomic E-state index is 13.1. The summed E-state index contributed by atoms with van der Waals surface area (Å²) in [4.78, 5) is 17.8. The van der Waals surface area contributed by atoms with Crippen molar-refractivity contribution in [1.29, 1.82) is 0 Å². The van der Waals surface area contributed by atoms with Gasteiger partial charge in [0.25, 0.3) is 0 Å². The molecule has 1 aliphatic heterocycles. The molecule has 1 aliphatic rings. The standard InChI is InChI=1S/C26H36N4O4S/c1-6-9-11-15-33-20-13-12-19(17-21(20)32-5)23-22(24(31)34-14-8-3)18(4)27-25-28-26(29-30(23)25)35-16-10-7-2/h8,12-13,17,23H,3,6-7,9-11,14-16H2,1-2,4-5H3,(H,27,28,29). The molecule has 1 aromatic heterocycles. The second-order valence-electron chi connectivity index (χ2n) is 8.28. The number of fused-ring (bicyclic) bond motifs is 1. The second-order valence-corrected chi connectivity index (χ2v) is 9.35. The summed E-state index contributed by atoms with van der Waals surface area (Å²) in [5.41, 5.74) is 1.96. The Balaban J connectivity index is 1.99. The topological polar surface area (TPSA) is 87.5 Å². The fraction of sp³-hybridized carbons (Fsp3) is 0.500. The first-order valence-corrected chi connectivity index (χ1v) is 13.2. The molecule has 2 aromatic rings. The lowest BCUT2D eigenvalue weighted by Gasteiger charge is -2.28. The summed E-state index contributed by atoms with van der Waals surface area (Å²) < 4.78 is 18.8. The number of anilines is 1. The first-order chi connectivity index (χ1) is 17.0. The minimum Gasteiger partial charge on any atom is -0.493 e. The smallest absolute Gasteiger partial charge is 0.338 e. The molecule has 35 heavy (non-hydrogen) atoms. The summed E-state index contributed by atoms with van der Waals surface area (Å²) in [6.45, 7) is 10.6. The van der Waals surface area contributed by atoms with Crippen LogP contribution in [-0.4, -0.2) is 46.8 Å². The maximum Gasteiger partial charge on any atom is 0.338 e. The number of unbranched alkanes of at least 4 members (excludes halogenated alkanes) is 3. The second kappa shape index (κ2) is 13.2. The summed E-state index contributed by atoms with van der Waals surface area (Å²) >= 11 is 1.61. The number of nitrogens with one attached hydrogen (secondary N) is 1. The molecule has 1 N–H and O–H groups in total. The molecule has 1 unspecified atom stereocenters. The van der Waals surface area contributed by atoms with Crippen LogP contribution in [0.1, 0.15) is 64.5 Å². The lowest BCUT2D eigenvalue weighted by Crippen LogP contribution is -2.29. The molecule has 190 valence electrons. The van der Waals surface area contributed by atoms with Crippen LogP contribution < -0.4 is 14.8 Å². The lowest BCUT2D eigenvalue weighted by atomic mass is 9.95. The van der Waals surface area contributed by atoms with Crippen LogP contribution in [0.2, 0.25) is 0 Å². The van der Waals surface area contributed by atoms with Crippen LogP contribution in [0.3, 0.4) is 0 Å². The van der Waals surface area contributed by atoms with Crippen molar-refractivity contribution < 1.29 is 19.0 Å². The molecule has 0 spiro atoms. The Kier molecular flexibility index (Phi) is 10.1. The van der Waals surface area contributed by atoms with E-state index in [0.717, 1.165) is 43.4 Å². The Labute approximate surface area is 212 Å². The molecule has 0 saturated heterocycles. The number of carbonyl (C=O) groups is 1. The Morgan fingerprint density at radius 2 is 2.03 bits per heavy atom. The molecule has 1 aromatic carbocycles. The van der Waals surface area contributed by atoms with Crippen LogP contribution in [-0.2, 0) is 9.53 Å². The highest BCUT2D eigenvalue weighted by atomic mass is 32.2. The first kappa shape index (κ1) is 26.7. The lowest BCUT2D eigenvalue weighted by molar-refractivity contribution is -0.138. The van der Waals surface area contributed by atoms with Crippen molar-refractivity contribution in [3.63, 3.8) is 0 Å². The van der Waals surface area contributed by atoms with E-state index in [4.69, 9.17) is 19.3 Å². The molecule has 0 aliphatic carbocycles. The van der Waals surface area contributed by atoms with E-state index in [1.54, 1.807) is 29.6 Å². The molecule has 0 saturated carbocycles. The van der Waals surface area contributed by atoms with Gasteiger partial charge in [0.1, 0.15) is 12.6 Å². The SMILES string of the molecule is C=CCOC(=O)C1=C(C)Nc2nc(SCCCC)nn2C1c1ccc(OCCCCC)c(OC)c1. The number of benzene rings is 1. The molecule has 0 radical (unpaired) electrons. The Morgan fingerprint density at radius 3 is 2.74 bits per heavy atom. The highest BCUT2D eigenvalue weighted by Crippen LogP contribution is 2.40. The first-order valence-electron chi connectivity index (χ1n) is 12.2. The van der Waals surface area contributed by atoms with E-state index >= 15 is 0 Å². The summed E-state index contributed by atoms with van der Waals surface area (Å²) in [5, 5.41) is 8.65. The van der Waals surface area contributed by atoms with Gasteiger partial charge in [-0.05, 0) is 37.5 Å². The van der Waals surface area contributed by atoms with Gasteiger partial charge < -0.3 is 19.5 Å². The average Bonchev–Trinajstić information content (AvgIpc) is 3.26. The van der Waals surface area contributed by atoms with Crippen molar-refractivity contribution in [2.24, 2.45) is 0 Å². The minimum atomic E-state index is -0.528. The van der Waals surface area contributed by atoms with Crippen LogP contribution in [0, 0.1) is 0 Å². The van der Waals surface area contributed by atoms with E-state index in [-0.39, 0.29) is 6.61 Å². The van der Waals surface area contributed by atoms with Crippen molar-refractivity contribution in [3.8, 4) is 11.5 Å². The van der Waals surface area contributed by atoms with Crippen molar-refractivity contribution in [3.05, 3.63) is 47.7 Å². The normalized spacial score (nSPS) is 14.8. The molecule has 0 fully saturated rings. The number of hydrogen-bond acceptors (Lipinski definition) is 8. The number of carbonyl (C=O) groups excluding carboxylic acids is 1. The summed E-state index contributed by atoms with van der Waals surface area (Å²) in [6.07, 6.45) is 6.97. The van der Waals surface area contributed by atoms with Crippen molar-refractivity contribution in [1.82, 2.24) is 14.8 Å². The van der Waals surface area contributed by atoms with Crippen molar-refractivity contribution in [2.45, 2.75) is 64.1 Å². The van der Waals surface area contributed by atoms with E-state index in [1.165, 1.54) is 0 Å². The summed E-state index contributed by atoms with van der Waals surface area (Å²) in [6, 6.07) is 5.20. The Bertz CT molecular complexity index is 1050. The van der Waals surface area contributed by atoms with Gasteiger partial charge in [0.15, 0.2) is 11.5 Å². The number of nitrogens with zero attached hydrogens (tertiary/aromatic N) is 3. The van der Waals surface area contributed by atoms with Gasteiger partial charge in [-0.1, -0.05) is 63.6 Å². The van der Waals surface area contributed by atoms with Crippen LogP contribution in [0.15, 0.2) is 47.3 Å². The third-order valence-corrected chi connectivity index (χ3v) is 6.55. The number of hydrogen-bond donors (Lipinski definition) is 1. The van der Waals surface area contributed by atoms with Gasteiger partial charge in [-0.25, -0.2) is 9.48 Å². The number of allylic oxidation sites excluding steroid dienone is 1. The summed E-state index contributed by atoms with van der Waals surface area (Å²) in [7, 11) is 1.62. The van der Waals surface area contributed by atoms with Crippen LogP contribution in [0.25, 0.3) is 0 Å². The monoisotopic (exact) mass is 500 g/mol. The van der Waals surface area contributed by atoms with Gasteiger partial charge in [0.2, 0.25) is 11.1 Å². The zero-order valence-electron chi connectivity index (χ0n) is 21.1. The van der Waals surface area contributed by atoms with E-state index in [9.17, 15) is 4.79 Å². The Morgan fingerprint density at radius 1 is 1.23 bits per heavy atom. The zero-order valence-corrected chi connectivity index (χ0v) is 22.0. The molecule has 9 heteroatoms. The Hall–Kier alpha value is -2.94. The van der Waals surface area contributed by atoms with Crippen LogP contribution in [0.4, 0.5) is 5.95 Å². The van der Waals surface area contributed by atoms with E-state index in [0.29, 0.717) is 40.5 Å². The van der Waals surface area contributed by atoms with Gasteiger partial charge >= 0.3 is 5.97 Å².